The number of oxime groups is 1. The van der Waals surface area contributed by atoms with Gasteiger partial charge in [-0.3, -0.25) is 14.4 Å². The summed E-state index contributed by atoms with van der Waals surface area (Å²) in [5.41, 5.74) is -0.583. The molecule has 3 saturated carbocycles. The maximum absolute atomic E-state index is 12.6. The van der Waals surface area contributed by atoms with Crippen LogP contribution < -0.4 is 5.32 Å². The van der Waals surface area contributed by atoms with Crippen molar-refractivity contribution >= 4 is 23.4 Å². The number of hydrogen-bond donors (Lipinski definition) is 5. The fourth-order valence-corrected chi connectivity index (χ4v) is 8.22. The predicted molar refractivity (Wildman–Crippen MR) is 138 cm³/mol. The summed E-state index contributed by atoms with van der Waals surface area (Å²) in [6, 6.07) is 0. The van der Waals surface area contributed by atoms with Crippen LogP contribution in [0.2, 0.25) is 0 Å². The topological polar surface area (TPSA) is 166 Å². The van der Waals surface area contributed by atoms with Gasteiger partial charge < -0.3 is 30.6 Å². The quantitative estimate of drug-likeness (QED) is 0.210. The number of carboxylic acid groups (broad SMARTS) is 1. The van der Waals surface area contributed by atoms with Crippen molar-refractivity contribution in [1.29, 1.82) is 0 Å². The number of allylic oxidation sites excluding steroid dienone is 2. The number of aliphatic carboxylic acids is 1. The molecule has 3 fully saturated rings. The lowest BCUT2D eigenvalue weighted by Gasteiger charge is -2.60. The number of nitrogens with one attached hydrogen (secondary N) is 1. The highest BCUT2D eigenvalue weighted by Gasteiger charge is 2.68. The molecule has 0 aromatic heterocycles. The monoisotopic (exact) mass is 534 g/mol. The number of fused-ring (bicyclic) bond motifs is 5. The number of carbonyl (C=O) groups excluding carboxylic acids is 2. The average molecular weight is 535 g/mol. The molecule has 10 nitrogen and oxygen atoms in total. The van der Waals surface area contributed by atoms with E-state index in [9.17, 15) is 29.7 Å². The molecular weight excluding hydrogens is 492 g/mol. The number of ketones is 1. The summed E-state index contributed by atoms with van der Waals surface area (Å²) in [7, 11) is 0. The Morgan fingerprint density at radius 2 is 1.92 bits per heavy atom. The molecule has 0 aromatic rings. The minimum absolute atomic E-state index is 0.0153. The number of aliphatic hydroxyl groups is 3. The van der Waals surface area contributed by atoms with Crippen LogP contribution in [-0.4, -0.2) is 75.3 Å². The highest BCUT2D eigenvalue weighted by atomic mass is 16.6. The number of aliphatic hydroxyl groups excluding tert-OH is 2. The molecule has 0 heterocycles. The molecule has 0 bridgehead atoms. The van der Waals surface area contributed by atoms with Gasteiger partial charge in [0.05, 0.1) is 11.8 Å². The van der Waals surface area contributed by atoms with Crippen LogP contribution in [0, 0.1) is 28.6 Å². The summed E-state index contributed by atoms with van der Waals surface area (Å²) in [5.74, 6) is -1.39. The summed E-state index contributed by atoms with van der Waals surface area (Å²) in [5, 5.41) is 47.9. The number of carbonyl (C=O) groups is 3. The minimum Gasteiger partial charge on any atom is -0.481 e. The molecule has 4 rings (SSSR count). The van der Waals surface area contributed by atoms with E-state index in [2.05, 4.69) is 17.4 Å². The van der Waals surface area contributed by atoms with Gasteiger partial charge >= 0.3 is 5.97 Å². The first kappa shape index (κ1) is 28.7. The van der Waals surface area contributed by atoms with Crippen molar-refractivity contribution in [2.75, 3.05) is 19.8 Å². The van der Waals surface area contributed by atoms with Crippen molar-refractivity contribution in [2.45, 2.75) is 89.8 Å². The molecule has 1 amide bonds. The van der Waals surface area contributed by atoms with Gasteiger partial charge in [0.25, 0.3) is 5.91 Å². The number of amides is 1. The van der Waals surface area contributed by atoms with Crippen molar-refractivity contribution in [2.24, 2.45) is 33.7 Å². The molecule has 38 heavy (non-hydrogen) atoms. The Hall–Kier alpha value is -2.30. The second kappa shape index (κ2) is 11.1. The van der Waals surface area contributed by atoms with E-state index in [1.54, 1.807) is 0 Å². The first-order chi connectivity index (χ1) is 18.0. The minimum atomic E-state index is -1.59. The van der Waals surface area contributed by atoms with Gasteiger partial charge in [-0.2, -0.15) is 0 Å². The van der Waals surface area contributed by atoms with Gasteiger partial charge in [0, 0.05) is 18.4 Å². The molecule has 10 heteroatoms. The Morgan fingerprint density at radius 3 is 2.63 bits per heavy atom. The van der Waals surface area contributed by atoms with Gasteiger partial charge in [-0.1, -0.05) is 24.6 Å². The van der Waals surface area contributed by atoms with Gasteiger partial charge in [0.1, 0.15) is 12.2 Å². The first-order valence-corrected chi connectivity index (χ1v) is 13.9. The van der Waals surface area contributed by atoms with Gasteiger partial charge in [0.2, 0.25) is 0 Å². The maximum atomic E-state index is 12.6. The van der Waals surface area contributed by atoms with E-state index in [1.165, 1.54) is 5.57 Å². The van der Waals surface area contributed by atoms with Crippen LogP contribution in [0.1, 0.15) is 78.1 Å². The van der Waals surface area contributed by atoms with Crippen molar-refractivity contribution in [1.82, 2.24) is 5.32 Å². The molecule has 0 spiro atoms. The number of carboxylic acids is 1. The van der Waals surface area contributed by atoms with E-state index < -0.39 is 35.5 Å². The van der Waals surface area contributed by atoms with Crippen molar-refractivity contribution in [3.05, 3.63) is 11.6 Å². The van der Waals surface area contributed by atoms with Gasteiger partial charge in [-0.15, -0.1) is 0 Å². The van der Waals surface area contributed by atoms with Crippen LogP contribution in [-0.2, 0) is 19.2 Å². The summed E-state index contributed by atoms with van der Waals surface area (Å²) < 4.78 is 0. The zero-order chi connectivity index (χ0) is 27.7. The zero-order valence-electron chi connectivity index (χ0n) is 22.4. The number of Topliss-reactive ketones (excluding diaryl/α,β-unsaturated/α-hetero) is 1. The van der Waals surface area contributed by atoms with Crippen molar-refractivity contribution < 1.29 is 39.6 Å². The van der Waals surface area contributed by atoms with Gasteiger partial charge in [0.15, 0.2) is 12.4 Å². The van der Waals surface area contributed by atoms with Crippen LogP contribution in [0.5, 0.6) is 0 Å². The third-order valence-corrected chi connectivity index (χ3v) is 10.2. The molecule has 0 unspecified atom stereocenters. The first-order valence-electron chi connectivity index (χ1n) is 13.9. The van der Waals surface area contributed by atoms with Gasteiger partial charge in [-0.25, -0.2) is 0 Å². The van der Waals surface area contributed by atoms with E-state index in [0.717, 1.165) is 25.0 Å². The Morgan fingerprint density at radius 1 is 1.16 bits per heavy atom. The van der Waals surface area contributed by atoms with E-state index in [1.807, 2.05) is 13.0 Å². The van der Waals surface area contributed by atoms with Crippen LogP contribution in [0.25, 0.3) is 0 Å². The van der Waals surface area contributed by atoms with E-state index in [-0.39, 0.29) is 42.1 Å². The molecule has 7 atom stereocenters. The fourth-order valence-electron chi connectivity index (χ4n) is 8.22. The Balaban J connectivity index is 1.39. The van der Waals surface area contributed by atoms with Crippen molar-refractivity contribution in [3.8, 4) is 0 Å². The third kappa shape index (κ3) is 5.02. The molecule has 0 radical (unpaired) electrons. The molecular formula is C28H42N2O8. The molecule has 212 valence electrons. The molecule has 4 aliphatic rings. The predicted octanol–water partition coefficient (Wildman–Crippen LogP) is 1.96. The average Bonchev–Trinajstić information content (AvgIpc) is 3.13. The van der Waals surface area contributed by atoms with E-state index >= 15 is 0 Å². The normalized spacial score (nSPS) is 39.0. The summed E-state index contributed by atoms with van der Waals surface area (Å²) in [6.07, 6.45) is 7.05. The van der Waals surface area contributed by atoms with Crippen LogP contribution in [0.15, 0.2) is 16.8 Å². The van der Waals surface area contributed by atoms with Crippen LogP contribution in [0.3, 0.4) is 0 Å². The van der Waals surface area contributed by atoms with E-state index in [4.69, 9.17) is 9.94 Å². The summed E-state index contributed by atoms with van der Waals surface area (Å²) in [6.45, 7) is 3.62. The second-order valence-electron chi connectivity index (χ2n) is 12.1. The third-order valence-electron chi connectivity index (χ3n) is 10.2. The Bertz CT molecular complexity index is 1010. The molecule has 5 N–H and O–H groups in total. The fraction of sp³-hybridized carbons (Fsp3) is 0.786. The lowest BCUT2D eigenvalue weighted by molar-refractivity contribution is -0.181. The SMILES string of the molecule is C[C@]12CC/C(=N/OCC(=O)NCCCCC(=O)O)C=C1CC[C@@H]1[C@@H]2[C@H](O)C[C@@]2(C)[C@H]1CC[C@]2(O)C(=O)CO. The van der Waals surface area contributed by atoms with Crippen molar-refractivity contribution in [3.63, 3.8) is 0 Å². The summed E-state index contributed by atoms with van der Waals surface area (Å²) in [4.78, 5) is 40.4. The largest absolute Gasteiger partial charge is 0.481 e. The lowest BCUT2D eigenvalue weighted by atomic mass is 9.45. The number of nitrogens with zero attached hydrogens (tertiary/aromatic N) is 1. The number of rotatable bonds is 10. The number of hydrogen-bond acceptors (Lipinski definition) is 8. The maximum Gasteiger partial charge on any atom is 0.303 e. The second-order valence-corrected chi connectivity index (χ2v) is 12.1. The highest BCUT2D eigenvalue weighted by Crippen LogP contribution is 2.67. The summed E-state index contributed by atoms with van der Waals surface area (Å²) >= 11 is 0. The van der Waals surface area contributed by atoms with Crippen LogP contribution >= 0.6 is 0 Å². The molecule has 0 aromatic carbocycles. The lowest BCUT2D eigenvalue weighted by Crippen LogP contribution is -2.62. The molecule has 0 aliphatic heterocycles. The molecule has 4 aliphatic carbocycles. The number of unbranched alkanes of at least 4 members (excludes halogenated alkanes) is 1. The Labute approximate surface area is 223 Å². The highest BCUT2D eigenvalue weighted by molar-refractivity contribution is 5.96. The Kier molecular flexibility index (Phi) is 8.35. The van der Waals surface area contributed by atoms with Crippen LogP contribution in [0.4, 0.5) is 0 Å². The standard InChI is InChI=1S/C28H42N2O8/c1-26-10-8-18(30-38-16-23(34)29-12-4-3-5-24(35)36)13-17(26)6-7-19-20-9-11-28(37,22(33)15-31)27(20,2)14-21(32)25(19)26/h13,19-21,25,31-32,37H,3-12,14-16H2,1-2H3,(H,29,34)(H,35,36)/b30-18-/t19-,20-,21+,25+,26-,27-,28-/m0/s1. The van der Waals surface area contributed by atoms with E-state index in [0.29, 0.717) is 45.1 Å². The smallest absolute Gasteiger partial charge is 0.303 e. The zero-order valence-corrected chi connectivity index (χ0v) is 22.4. The van der Waals surface area contributed by atoms with Gasteiger partial charge in [-0.05, 0) is 87.0 Å². The molecule has 0 saturated heterocycles.